The van der Waals surface area contributed by atoms with Crippen LogP contribution in [0.5, 0.6) is 0 Å². The number of hydrogen-bond acceptors (Lipinski definition) is 6. The van der Waals surface area contributed by atoms with E-state index >= 15 is 0 Å². The van der Waals surface area contributed by atoms with Gasteiger partial charge in [0.2, 0.25) is 0 Å². The fraction of sp³-hybridized carbons (Fsp3) is 0.727. The highest BCUT2D eigenvalue weighted by molar-refractivity contribution is 7.89. The third-order valence-corrected chi connectivity index (χ3v) is 4.70. The lowest BCUT2D eigenvalue weighted by Crippen LogP contribution is -2.41. The molecule has 2 rings (SSSR count). The summed E-state index contributed by atoms with van der Waals surface area (Å²) in [7, 11) is -3.69. The van der Waals surface area contributed by atoms with Gasteiger partial charge in [-0.1, -0.05) is 0 Å². The summed E-state index contributed by atoms with van der Waals surface area (Å²) in [6.45, 7) is 5.23. The molecule has 0 bridgehead atoms. The molecule has 0 aromatic carbocycles. The molecule has 0 atom stereocenters. The third kappa shape index (κ3) is 3.55. The fourth-order valence-corrected chi connectivity index (χ4v) is 3.27. The molecule has 1 aliphatic rings. The summed E-state index contributed by atoms with van der Waals surface area (Å²) < 4.78 is 32.0. The van der Waals surface area contributed by atoms with Gasteiger partial charge < -0.3 is 9.84 Å². The molecule has 20 heavy (non-hydrogen) atoms. The Hall–Kier alpha value is -1.00. The van der Waals surface area contributed by atoms with Gasteiger partial charge in [-0.15, -0.1) is 0 Å². The van der Waals surface area contributed by atoms with E-state index in [4.69, 9.17) is 4.74 Å². The minimum Gasteiger partial charge on any atom is -0.392 e. The normalized spacial score (nSPS) is 17.5. The fourth-order valence-electron chi connectivity index (χ4n) is 2.07. The number of aliphatic hydroxyl groups is 1. The first kappa shape index (κ1) is 15.4. The van der Waals surface area contributed by atoms with E-state index in [9.17, 15) is 13.5 Å². The molecule has 0 unspecified atom stereocenters. The van der Waals surface area contributed by atoms with Crippen LogP contribution < -0.4 is 4.72 Å². The maximum Gasteiger partial charge on any atom is 0.260 e. The molecular weight excluding hydrogens is 284 g/mol. The molecule has 2 heterocycles. The first-order valence-corrected chi connectivity index (χ1v) is 7.97. The van der Waals surface area contributed by atoms with Crippen molar-refractivity contribution in [3.63, 3.8) is 0 Å². The topological polar surface area (TPSA) is 108 Å². The number of nitrogens with one attached hydrogen (secondary N) is 2. The number of rotatable bonds is 6. The van der Waals surface area contributed by atoms with Crippen molar-refractivity contribution in [2.45, 2.75) is 18.6 Å². The van der Waals surface area contributed by atoms with Crippen molar-refractivity contribution >= 4 is 10.0 Å². The average molecular weight is 304 g/mol. The molecule has 0 radical (unpaired) electrons. The van der Waals surface area contributed by atoms with Crippen molar-refractivity contribution in [1.29, 1.82) is 0 Å². The van der Waals surface area contributed by atoms with Crippen LogP contribution in [0.1, 0.15) is 11.3 Å². The number of morpholine rings is 1. The van der Waals surface area contributed by atoms with E-state index in [2.05, 4.69) is 19.8 Å². The van der Waals surface area contributed by atoms with Crippen molar-refractivity contribution < 1.29 is 18.3 Å². The SMILES string of the molecule is Cc1[nH]nc(S(=O)(=O)NCCN2CCOCC2)c1CO. The molecule has 0 aliphatic carbocycles. The summed E-state index contributed by atoms with van der Waals surface area (Å²) in [6, 6.07) is 0. The van der Waals surface area contributed by atoms with Crippen molar-refractivity contribution in [3.8, 4) is 0 Å². The Bertz CT molecular complexity index is 537. The van der Waals surface area contributed by atoms with E-state index in [0.717, 1.165) is 13.1 Å². The second-order valence-corrected chi connectivity index (χ2v) is 6.32. The van der Waals surface area contributed by atoms with E-state index in [1.807, 2.05) is 0 Å². The van der Waals surface area contributed by atoms with Crippen LogP contribution in [0.2, 0.25) is 0 Å². The monoisotopic (exact) mass is 304 g/mol. The summed E-state index contributed by atoms with van der Waals surface area (Å²) in [5, 5.41) is 15.4. The van der Waals surface area contributed by atoms with Gasteiger partial charge in [0, 0.05) is 37.4 Å². The molecule has 0 amide bonds. The summed E-state index contributed by atoms with van der Waals surface area (Å²) in [6.07, 6.45) is 0. The zero-order chi connectivity index (χ0) is 14.6. The van der Waals surface area contributed by atoms with Crippen molar-refractivity contribution in [2.75, 3.05) is 39.4 Å². The molecule has 114 valence electrons. The Morgan fingerprint density at radius 2 is 2.15 bits per heavy atom. The van der Waals surface area contributed by atoms with Crippen molar-refractivity contribution in [2.24, 2.45) is 0 Å². The number of aromatic amines is 1. The molecule has 9 heteroatoms. The lowest BCUT2D eigenvalue weighted by Gasteiger charge is -2.26. The molecule has 1 saturated heterocycles. The molecule has 0 saturated carbocycles. The number of ether oxygens (including phenoxy) is 1. The smallest absolute Gasteiger partial charge is 0.260 e. The van der Waals surface area contributed by atoms with Gasteiger partial charge in [-0.3, -0.25) is 10.00 Å². The third-order valence-electron chi connectivity index (χ3n) is 3.27. The number of aromatic nitrogens is 2. The second-order valence-electron chi connectivity index (χ2n) is 4.64. The maximum absolute atomic E-state index is 12.1. The van der Waals surface area contributed by atoms with E-state index < -0.39 is 10.0 Å². The summed E-state index contributed by atoms with van der Waals surface area (Å²) >= 11 is 0. The van der Waals surface area contributed by atoms with Gasteiger partial charge in [-0.05, 0) is 6.92 Å². The Balaban J connectivity index is 1.93. The van der Waals surface area contributed by atoms with Gasteiger partial charge in [-0.2, -0.15) is 5.10 Å². The van der Waals surface area contributed by atoms with Crippen LogP contribution in [0.3, 0.4) is 0 Å². The number of hydrogen-bond donors (Lipinski definition) is 3. The first-order valence-electron chi connectivity index (χ1n) is 6.49. The number of nitrogens with zero attached hydrogens (tertiary/aromatic N) is 2. The lowest BCUT2D eigenvalue weighted by molar-refractivity contribution is 0.0390. The van der Waals surface area contributed by atoms with Crippen LogP contribution in [0, 0.1) is 6.92 Å². The molecule has 3 N–H and O–H groups in total. The molecule has 1 aromatic rings. The van der Waals surface area contributed by atoms with Crippen molar-refractivity contribution in [3.05, 3.63) is 11.3 Å². The summed E-state index contributed by atoms with van der Waals surface area (Å²) in [5.74, 6) is 0. The lowest BCUT2D eigenvalue weighted by atomic mass is 10.3. The molecule has 1 fully saturated rings. The molecule has 0 spiro atoms. The van der Waals surface area contributed by atoms with Crippen LogP contribution in [0.25, 0.3) is 0 Å². The first-order chi connectivity index (χ1) is 9.54. The maximum atomic E-state index is 12.1. The Labute approximate surface area is 118 Å². The van der Waals surface area contributed by atoms with Crippen LogP contribution in [-0.4, -0.2) is 68.0 Å². The van der Waals surface area contributed by atoms with Gasteiger partial charge in [0.1, 0.15) is 0 Å². The predicted octanol–water partition coefficient (Wildman–Crippen LogP) is -1.18. The van der Waals surface area contributed by atoms with Gasteiger partial charge >= 0.3 is 0 Å². The van der Waals surface area contributed by atoms with Crippen LogP contribution in [-0.2, 0) is 21.4 Å². The van der Waals surface area contributed by atoms with E-state index in [1.165, 1.54) is 0 Å². The second kappa shape index (κ2) is 6.64. The molecule has 1 aromatic heterocycles. The highest BCUT2D eigenvalue weighted by Gasteiger charge is 2.23. The number of H-pyrrole nitrogens is 1. The van der Waals surface area contributed by atoms with Gasteiger partial charge in [0.15, 0.2) is 5.03 Å². The predicted molar refractivity (Wildman–Crippen MR) is 71.7 cm³/mol. The number of aryl methyl sites for hydroxylation is 1. The Kier molecular flexibility index (Phi) is 5.11. The largest absolute Gasteiger partial charge is 0.392 e. The van der Waals surface area contributed by atoms with Gasteiger partial charge in [0.25, 0.3) is 10.0 Å². The van der Waals surface area contributed by atoms with E-state index in [-0.39, 0.29) is 11.6 Å². The van der Waals surface area contributed by atoms with Gasteiger partial charge in [-0.25, -0.2) is 13.1 Å². The van der Waals surface area contributed by atoms with Crippen LogP contribution >= 0.6 is 0 Å². The standard InChI is InChI=1S/C11H20N4O4S/c1-9-10(8-16)11(14-13-9)20(17,18)12-2-3-15-4-6-19-7-5-15/h12,16H,2-8H2,1H3,(H,13,14). The summed E-state index contributed by atoms with van der Waals surface area (Å²) in [4.78, 5) is 2.13. The van der Waals surface area contributed by atoms with Crippen molar-refractivity contribution in [1.82, 2.24) is 19.8 Å². The molecular formula is C11H20N4O4S. The van der Waals surface area contributed by atoms with Crippen LogP contribution in [0.4, 0.5) is 0 Å². The highest BCUT2D eigenvalue weighted by atomic mass is 32.2. The minimum atomic E-state index is -3.69. The quantitative estimate of drug-likeness (QED) is 0.611. The van der Waals surface area contributed by atoms with E-state index in [0.29, 0.717) is 37.6 Å². The molecule has 1 aliphatic heterocycles. The minimum absolute atomic E-state index is 0.125. The van der Waals surface area contributed by atoms with Crippen LogP contribution in [0.15, 0.2) is 5.03 Å². The number of sulfonamides is 1. The van der Waals surface area contributed by atoms with E-state index in [1.54, 1.807) is 6.92 Å². The number of aliphatic hydroxyl groups excluding tert-OH is 1. The average Bonchev–Trinajstić information content (AvgIpc) is 2.81. The summed E-state index contributed by atoms with van der Waals surface area (Å²) in [5.41, 5.74) is 0.866. The van der Waals surface area contributed by atoms with Gasteiger partial charge in [0.05, 0.1) is 19.8 Å². The Morgan fingerprint density at radius 3 is 2.80 bits per heavy atom. The highest BCUT2D eigenvalue weighted by Crippen LogP contribution is 2.15. The zero-order valence-electron chi connectivity index (χ0n) is 11.4. The molecule has 8 nitrogen and oxygen atoms in total. The zero-order valence-corrected chi connectivity index (χ0v) is 12.2. The Morgan fingerprint density at radius 1 is 1.45 bits per heavy atom.